The Balaban J connectivity index is 1.07. The summed E-state index contributed by atoms with van der Waals surface area (Å²) in [6, 6.07) is 31.3. The van der Waals surface area contributed by atoms with Crippen molar-refractivity contribution in [3.8, 4) is 55.0 Å². The van der Waals surface area contributed by atoms with E-state index >= 15 is 0 Å². The second kappa shape index (κ2) is 21.2. The van der Waals surface area contributed by atoms with Crippen molar-refractivity contribution in [1.82, 2.24) is 0 Å². The number of aliphatic hydroxyl groups excluding tert-OH is 2. The number of fused-ring (bicyclic) bond motifs is 5. The second-order valence-corrected chi connectivity index (χ2v) is 19.7. The number of unbranched alkanes of at least 4 members (excludes halogenated alkanes) is 2. The molecule has 8 nitrogen and oxygen atoms in total. The zero-order chi connectivity index (χ0) is 46.3. The van der Waals surface area contributed by atoms with Crippen LogP contribution >= 0.6 is 22.7 Å². The standard InChI is InChI=1S/C57H64N2O6S2/c1-5-9-27-57(28-10-6-2)47-37-41(55-53-51(62-33-35-64-53)49(66-55)25-15-39-11-19-43(20-12-39)58(7-3)29-31-60)17-23-45(47)46-24-18-42(38-48(46)57)56-54-52(63-34-36-65-54)50(67-56)26-16-40-13-21-44(22-14-40)59(8-4)30-32-61/h11-26,37-38,60-61H,5-10,27-36H2,1-4H3/b25-15+,26-16+. The molecule has 6 aromatic rings. The molecule has 0 saturated heterocycles. The molecule has 4 aromatic carbocycles. The summed E-state index contributed by atoms with van der Waals surface area (Å²) in [6.07, 6.45) is 15.3. The molecule has 2 N–H and O–H groups in total. The lowest BCUT2D eigenvalue weighted by atomic mass is 9.70. The molecule has 10 heteroatoms. The van der Waals surface area contributed by atoms with Crippen LogP contribution in [0.25, 0.3) is 56.3 Å². The molecule has 4 heterocycles. The number of rotatable bonds is 20. The van der Waals surface area contributed by atoms with Crippen LogP contribution in [0.5, 0.6) is 23.0 Å². The molecule has 2 aliphatic heterocycles. The minimum absolute atomic E-state index is 0.132. The maximum absolute atomic E-state index is 9.52. The largest absolute Gasteiger partial charge is 0.485 e. The molecule has 0 saturated carbocycles. The summed E-state index contributed by atoms with van der Waals surface area (Å²) < 4.78 is 25.6. The van der Waals surface area contributed by atoms with Gasteiger partial charge < -0.3 is 39.0 Å². The summed E-state index contributed by atoms with van der Waals surface area (Å²) in [6.45, 7) is 14.1. The minimum Gasteiger partial charge on any atom is -0.485 e. The first-order chi connectivity index (χ1) is 32.9. The maximum Gasteiger partial charge on any atom is 0.180 e. The predicted molar refractivity (Wildman–Crippen MR) is 281 cm³/mol. The summed E-state index contributed by atoms with van der Waals surface area (Å²) in [5.74, 6) is 3.33. The highest BCUT2D eigenvalue weighted by molar-refractivity contribution is 7.17. The van der Waals surface area contributed by atoms with E-state index in [1.165, 1.54) is 33.4 Å². The number of benzene rings is 4. The molecule has 0 bridgehead atoms. The van der Waals surface area contributed by atoms with Crippen molar-refractivity contribution < 1.29 is 29.2 Å². The average Bonchev–Trinajstić information content (AvgIpc) is 4.03. The Morgan fingerprint density at radius 2 is 0.925 bits per heavy atom. The molecule has 0 fully saturated rings. The van der Waals surface area contributed by atoms with Gasteiger partial charge in [-0.2, -0.15) is 0 Å². The van der Waals surface area contributed by atoms with Gasteiger partial charge in [0.25, 0.3) is 0 Å². The third kappa shape index (κ3) is 9.38. The van der Waals surface area contributed by atoms with Gasteiger partial charge in [-0.1, -0.05) is 100 Å². The lowest BCUT2D eigenvalue weighted by molar-refractivity contribution is 0.174. The van der Waals surface area contributed by atoms with Crippen LogP contribution < -0.4 is 28.7 Å². The Morgan fingerprint density at radius 1 is 0.522 bits per heavy atom. The van der Waals surface area contributed by atoms with Crippen LogP contribution in [0.1, 0.15) is 98.2 Å². The molecule has 0 atom stereocenters. The van der Waals surface area contributed by atoms with E-state index < -0.39 is 0 Å². The molecule has 0 radical (unpaired) electrons. The van der Waals surface area contributed by atoms with E-state index in [0.29, 0.717) is 39.5 Å². The maximum atomic E-state index is 9.52. The number of hydrogen-bond acceptors (Lipinski definition) is 10. The Morgan fingerprint density at radius 3 is 1.30 bits per heavy atom. The molecule has 0 unspecified atom stereocenters. The molecular formula is C57H64N2O6S2. The molecule has 0 spiro atoms. The fraction of sp³-hybridized carbons (Fsp3) is 0.368. The summed E-state index contributed by atoms with van der Waals surface area (Å²) in [7, 11) is 0. The molecule has 350 valence electrons. The van der Waals surface area contributed by atoms with Crippen molar-refractivity contribution in [2.24, 2.45) is 0 Å². The summed E-state index contributed by atoms with van der Waals surface area (Å²) >= 11 is 3.48. The molecule has 2 aromatic heterocycles. The van der Waals surface area contributed by atoms with E-state index in [4.69, 9.17) is 18.9 Å². The molecule has 3 aliphatic rings. The summed E-state index contributed by atoms with van der Waals surface area (Å²) in [5, 5.41) is 19.0. The average molecular weight is 937 g/mol. The molecule has 67 heavy (non-hydrogen) atoms. The van der Waals surface area contributed by atoms with E-state index in [1.807, 2.05) is 0 Å². The Hall–Kier alpha value is -5.52. The van der Waals surface area contributed by atoms with Gasteiger partial charge in [0.05, 0.1) is 32.7 Å². The smallest absolute Gasteiger partial charge is 0.180 e. The van der Waals surface area contributed by atoms with Crippen molar-refractivity contribution in [3.05, 3.63) is 117 Å². The number of nitrogens with zero attached hydrogens (tertiary/aromatic N) is 2. The van der Waals surface area contributed by atoms with Crippen LogP contribution in [0, 0.1) is 0 Å². The monoisotopic (exact) mass is 936 g/mol. The summed E-state index contributed by atoms with van der Waals surface area (Å²) in [4.78, 5) is 8.67. The predicted octanol–water partition coefficient (Wildman–Crippen LogP) is 13.3. The van der Waals surface area contributed by atoms with Crippen LogP contribution in [-0.4, -0.2) is 76.0 Å². The number of aliphatic hydroxyl groups is 2. The van der Waals surface area contributed by atoms with Crippen LogP contribution in [0.4, 0.5) is 11.4 Å². The number of hydrogen-bond donors (Lipinski definition) is 2. The van der Waals surface area contributed by atoms with E-state index in [9.17, 15) is 10.2 Å². The van der Waals surface area contributed by atoms with Gasteiger partial charge in [-0.15, -0.1) is 22.7 Å². The minimum atomic E-state index is -0.148. The quantitative estimate of drug-likeness (QED) is 0.0783. The highest BCUT2D eigenvalue weighted by Crippen LogP contribution is 2.59. The highest BCUT2D eigenvalue weighted by atomic mass is 32.1. The van der Waals surface area contributed by atoms with Gasteiger partial charge in [0.2, 0.25) is 0 Å². The van der Waals surface area contributed by atoms with Crippen molar-refractivity contribution in [2.45, 2.75) is 71.6 Å². The van der Waals surface area contributed by atoms with Gasteiger partial charge in [-0.05, 0) is 120 Å². The van der Waals surface area contributed by atoms with Crippen molar-refractivity contribution in [2.75, 3.05) is 75.6 Å². The van der Waals surface area contributed by atoms with E-state index in [2.05, 4.69) is 147 Å². The van der Waals surface area contributed by atoms with Gasteiger partial charge >= 0.3 is 0 Å². The molecule has 0 amide bonds. The highest BCUT2D eigenvalue weighted by Gasteiger charge is 2.43. The van der Waals surface area contributed by atoms with E-state index in [0.717, 1.165) is 117 Å². The number of likely N-dealkylation sites (N-methyl/N-ethyl adjacent to an activating group) is 2. The van der Waals surface area contributed by atoms with Crippen molar-refractivity contribution >= 4 is 58.4 Å². The summed E-state index contributed by atoms with van der Waals surface area (Å²) in [5.41, 5.74) is 12.1. The Bertz CT molecular complexity index is 2510. The van der Waals surface area contributed by atoms with Crippen LogP contribution in [0.2, 0.25) is 0 Å². The second-order valence-electron chi connectivity index (χ2n) is 17.6. The Kier molecular flexibility index (Phi) is 14.7. The van der Waals surface area contributed by atoms with E-state index in [1.54, 1.807) is 22.7 Å². The van der Waals surface area contributed by atoms with Gasteiger partial charge in [0, 0.05) is 43.0 Å². The number of thiophene rings is 2. The zero-order valence-electron chi connectivity index (χ0n) is 39.4. The molecular weight excluding hydrogens is 873 g/mol. The Labute approximate surface area is 404 Å². The van der Waals surface area contributed by atoms with Crippen LogP contribution in [0.3, 0.4) is 0 Å². The van der Waals surface area contributed by atoms with Gasteiger partial charge in [-0.25, -0.2) is 0 Å². The van der Waals surface area contributed by atoms with Gasteiger partial charge in [0.1, 0.15) is 26.4 Å². The topological polar surface area (TPSA) is 83.9 Å². The van der Waals surface area contributed by atoms with Crippen LogP contribution in [-0.2, 0) is 5.41 Å². The van der Waals surface area contributed by atoms with E-state index in [-0.39, 0.29) is 18.6 Å². The normalized spacial score (nSPS) is 14.5. The number of ether oxygens (including phenoxy) is 4. The molecule has 9 rings (SSSR count). The first-order valence-electron chi connectivity index (χ1n) is 24.4. The van der Waals surface area contributed by atoms with Crippen LogP contribution in [0.15, 0.2) is 84.9 Å². The van der Waals surface area contributed by atoms with Gasteiger partial charge in [-0.3, -0.25) is 0 Å². The lowest BCUT2D eigenvalue weighted by Crippen LogP contribution is -2.25. The SMILES string of the molecule is CCCCC1(CCCC)c2cc(-c3sc(/C=C/c4ccc(N(CC)CCO)cc4)c4c3OCCO4)ccc2-c2ccc(-c3sc(/C=C/c4ccc(N(CC)CCO)cc4)c4c3OCCO4)cc21. The fourth-order valence-electron chi connectivity index (χ4n) is 10.1. The third-order valence-corrected chi connectivity index (χ3v) is 15.9. The van der Waals surface area contributed by atoms with Crippen molar-refractivity contribution in [3.63, 3.8) is 0 Å². The third-order valence-electron chi connectivity index (χ3n) is 13.5. The van der Waals surface area contributed by atoms with Crippen molar-refractivity contribution in [1.29, 1.82) is 0 Å². The van der Waals surface area contributed by atoms with Gasteiger partial charge in [0.15, 0.2) is 23.0 Å². The number of anilines is 2. The fourth-order valence-corrected chi connectivity index (χ4v) is 12.2. The lowest BCUT2D eigenvalue weighted by Gasteiger charge is -2.33. The molecule has 1 aliphatic carbocycles. The first-order valence-corrected chi connectivity index (χ1v) is 26.0. The zero-order valence-corrected chi connectivity index (χ0v) is 41.1. The first kappa shape index (κ1) is 46.6.